The van der Waals surface area contributed by atoms with Crippen molar-refractivity contribution in [1.82, 2.24) is 9.97 Å². The molecule has 0 radical (unpaired) electrons. The van der Waals surface area contributed by atoms with E-state index in [2.05, 4.69) is 9.97 Å². The maximum atomic E-state index is 12.4. The largest absolute Gasteiger partial charge is 0.353 e. The first-order chi connectivity index (χ1) is 12.0. The molecule has 0 spiro atoms. The third-order valence-corrected chi connectivity index (χ3v) is 5.34. The molecule has 0 saturated carbocycles. The Morgan fingerprint density at radius 1 is 1.00 bits per heavy atom. The number of fused-ring (bicyclic) bond motifs is 3. The monoisotopic (exact) mass is 391 g/mol. The van der Waals surface area contributed by atoms with Crippen LogP contribution in [0.15, 0.2) is 52.2 Å². The molecule has 1 unspecified atom stereocenters. The quantitative estimate of drug-likeness (QED) is 0.482. The molecule has 0 saturated heterocycles. The van der Waals surface area contributed by atoms with Gasteiger partial charge in [0.25, 0.3) is 5.56 Å². The Morgan fingerprint density at radius 2 is 1.80 bits per heavy atom. The van der Waals surface area contributed by atoms with Gasteiger partial charge < -0.3 is 9.97 Å². The van der Waals surface area contributed by atoms with Gasteiger partial charge in [-0.2, -0.15) is 0 Å². The van der Waals surface area contributed by atoms with Gasteiger partial charge in [-0.15, -0.1) is 0 Å². The van der Waals surface area contributed by atoms with Crippen LogP contribution in [0.2, 0.25) is 10.0 Å². The van der Waals surface area contributed by atoms with Gasteiger partial charge in [0.15, 0.2) is 0 Å². The van der Waals surface area contributed by atoms with E-state index >= 15 is 0 Å². The second kappa shape index (κ2) is 6.00. The predicted molar refractivity (Wildman–Crippen MR) is 102 cm³/mol. The highest BCUT2D eigenvalue weighted by molar-refractivity contribution is 7.82. The number of nitrogens with one attached hydrogen (secondary N) is 2. The maximum Gasteiger partial charge on any atom is 0.267 e. The third-order valence-electron chi connectivity index (χ3n) is 4.02. The number of aromatic amines is 2. The molecule has 2 aromatic carbocycles. The highest BCUT2D eigenvalue weighted by atomic mass is 35.5. The van der Waals surface area contributed by atoms with Gasteiger partial charge in [0.1, 0.15) is 16.0 Å². The van der Waals surface area contributed by atoms with E-state index in [1.54, 1.807) is 36.4 Å². The summed E-state index contributed by atoms with van der Waals surface area (Å²) in [6.07, 6.45) is 0. The first kappa shape index (κ1) is 16.4. The van der Waals surface area contributed by atoms with Crippen LogP contribution in [0.5, 0.6) is 0 Å². The SMILES string of the molecule is NS(=O)c1cccc(-c2c(Cl)c(=O)[nH]c3c2[nH]c2ccc(Cl)cc23)c1. The summed E-state index contributed by atoms with van der Waals surface area (Å²) in [5, 5.41) is 6.86. The number of pyridine rings is 1. The molecule has 0 fully saturated rings. The number of aromatic nitrogens is 2. The van der Waals surface area contributed by atoms with Crippen molar-refractivity contribution in [3.63, 3.8) is 0 Å². The third kappa shape index (κ3) is 2.67. The maximum absolute atomic E-state index is 12.4. The molecule has 0 aliphatic carbocycles. The van der Waals surface area contributed by atoms with Crippen LogP contribution >= 0.6 is 23.2 Å². The Hall–Kier alpha value is -2.12. The number of hydrogen-bond donors (Lipinski definition) is 3. The standard InChI is InChI=1S/C17H11Cl2N3O2S/c18-9-4-5-12-11(7-9)15-16(21-12)13(14(19)17(23)22-15)8-2-1-3-10(6-8)25(20)24/h1-7,21H,20H2,(H,22,23). The number of nitrogens with two attached hydrogens (primary N) is 1. The molecule has 2 aromatic heterocycles. The van der Waals surface area contributed by atoms with Gasteiger partial charge in [-0.1, -0.05) is 35.3 Å². The molecule has 4 aromatic rings. The van der Waals surface area contributed by atoms with Crippen molar-refractivity contribution in [3.05, 3.63) is 62.9 Å². The molecule has 4 rings (SSSR count). The van der Waals surface area contributed by atoms with Gasteiger partial charge in [0, 0.05) is 21.5 Å². The lowest BCUT2D eigenvalue weighted by atomic mass is 10.0. The molecule has 0 bridgehead atoms. The fraction of sp³-hybridized carbons (Fsp3) is 0. The summed E-state index contributed by atoms with van der Waals surface area (Å²) in [6, 6.07) is 12.2. The van der Waals surface area contributed by atoms with Crippen molar-refractivity contribution in [2.45, 2.75) is 4.90 Å². The smallest absolute Gasteiger partial charge is 0.267 e. The fourth-order valence-electron chi connectivity index (χ4n) is 2.92. The second-order valence-electron chi connectivity index (χ2n) is 5.53. The minimum atomic E-state index is -1.63. The lowest BCUT2D eigenvalue weighted by Crippen LogP contribution is -2.08. The molecule has 8 heteroatoms. The zero-order chi connectivity index (χ0) is 17.7. The van der Waals surface area contributed by atoms with Crippen LogP contribution in [0.25, 0.3) is 33.1 Å². The summed E-state index contributed by atoms with van der Waals surface area (Å²) < 4.78 is 11.6. The van der Waals surface area contributed by atoms with Crippen molar-refractivity contribution in [3.8, 4) is 11.1 Å². The van der Waals surface area contributed by atoms with Crippen LogP contribution in [0.1, 0.15) is 0 Å². The molecule has 0 amide bonds. The Bertz CT molecular complexity index is 1230. The van der Waals surface area contributed by atoms with Crippen LogP contribution in [-0.4, -0.2) is 14.2 Å². The first-order valence-electron chi connectivity index (χ1n) is 7.25. The molecular formula is C17H11Cl2N3O2S. The highest BCUT2D eigenvalue weighted by Gasteiger charge is 2.17. The Kier molecular flexibility index (Phi) is 3.92. The number of hydrogen-bond acceptors (Lipinski definition) is 2. The van der Waals surface area contributed by atoms with Crippen molar-refractivity contribution < 1.29 is 4.21 Å². The van der Waals surface area contributed by atoms with E-state index in [0.717, 1.165) is 10.9 Å². The molecule has 2 heterocycles. The predicted octanol–water partition coefficient (Wildman–Crippen LogP) is 3.96. The van der Waals surface area contributed by atoms with E-state index < -0.39 is 16.5 Å². The number of benzene rings is 2. The normalized spacial score (nSPS) is 12.8. The van der Waals surface area contributed by atoms with Crippen molar-refractivity contribution in [2.24, 2.45) is 5.14 Å². The van der Waals surface area contributed by atoms with Gasteiger partial charge in [-0.05, 0) is 35.9 Å². The van der Waals surface area contributed by atoms with E-state index in [0.29, 0.717) is 32.1 Å². The Labute approximate surface area is 154 Å². The number of H-pyrrole nitrogens is 2. The Balaban J connectivity index is 2.14. The molecular weight excluding hydrogens is 381 g/mol. The molecule has 1 atom stereocenters. The van der Waals surface area contributed by atoms with Crippen LogP contribution in [0.4, 0.5) is 0 Å². The lowest BCUT2D eigenvalue weighted by molar-refractivity contribution is 0.684. The highest BCUT2D eigenvalue weighted by Crippen LogP contribution is 2.36. The van der Waals surface area contributed by atoms with Crippen molar-refractivity contribution >= 4 is 56.1 Å². The lowest BCUT2D eigenvalue weighted by Gasteiger charge is -2.07. The second-order valence-corrected chi connectivity index (χ2v) is 7.41. The molecule has 5 nitrogen and oxygen atoms in total. The minimum absolute atomic E-state index is 0.0464. The van der Waals surface area contributed by atoms with E-state index in [1.807, 2.05) is 6.07 Å². The topological polar surface area (TPSA) is 91.7 Å². The summed E-state index contributed by atoms with van der Waals surface area (Å²) in [5.41, 5.74) is 2.86. The summed E-state index contributed by atoms with van der Waals surface area (Å²) in [4.78, 5) is 18.9. The van der Waals surface area contributed by atoms with E-state index in [4.69, 9.17) is 28.3 Å². The van der Waals surface area contributed by atoms with Crippen molar-refractivity contribution in [2.75, 3.05) is 0 Å². The van der Waals surface area contributed by atoms with Crippen LogP contribution in [0, 0.1) is 0 Å². The minimum Gasteiger partial charge on any atom is -0.353 e. The number of halogens is 2. The van der Waals surface area contributed by atoms with Crippen molar-refractivity contribution in [1.29, 1.82) is 0 Å². The first-order valence-corrected chi connectivity index (χ1v) is 9.22. The molecule has 0 aliphatic heterocycles. The van der Waals surface area contributed by atoms with Gasteiger partial charge in [0.05, 0.1) is 15.9 Å². The van der Waals surface area contributed by atoms with E-state index in [-0.39, 0.29) is 5.02 Å². The molecule has 25 heavy (non-hydrogen) atoms. The zero-order valence-electron chi connectivity index (χ0n) is 12.6. The van der Waals surface area contributed by atoms with E-state index in [9.17, 15) is 9.00 Å². The average molecular weight is 392 g/mol. The van der Waals surface area contributed by atoms with Crippen LogP contribution in [-0.2, 0) is 11.0 Å². The summed E-state index contributed by atoms with van der Waals surface area (Å²) >= 11 is 12.4. The summed E-state index contributed by atoms with van der Waals surface area (Å²) in [5.74, 6) is 0. The number of rotatable bonds is 2. The fourth-order valence-corrected chi connectivity index (χ4v) is 3.80. The molecule has 4 N–H and O–H groups in total. The zero-order valence-corrected chi connectivity index (χ0v) is 14.9. The van der Waals surface area contributed by atoms with Gasteiger partial charge in [-0.3, -0.25) is 4.79 Å². The Morgan fingerprint density at radius 3 is 2.56 bits per heavy atom. The van der Waals surface area contributed by atoms with Gasteiger partial charge >= 0.3 is 0 Å². The summed E-state index contributed by atoms with van der Waals surface area (Å²) in [7, 11) is -1.63. The van der Waals surface area contributed by atoms with E-state index in [1.165, 1.54) is 0 Å². The van der Waals surface area contributed by atoms with Crippen LogP contribution in [0.3, 0.4) is 0 Å². The molecule has 126 valence electrons. The van der Waals surface area contributed by atoms with Gasteiger partial charge in [0.2, 0.25) is 0 Å². The summed E-state index contributed by atoms with van der Waals surface area (Å²) in [6.45, 7) is 0. The average Bonchev–Trinajstić information content (AvgIpc) is 2.93. The van der Waals surface area contributed by atoms with Gasteiger partial charge in [-0.25, -0.2) is 9.35 Å². The molecule has 0 aliphatic rings. The van der Waals surface area contributed by atoms with Crippen LogP contribution < -0.4 is 10.7 Å².